The molecule has 4 heteroatoms. The number of aryl methyl sites for hydroxylation is 1. The van der Waals surface area contributed by atoms with Crippen LogP contribution >= 0.6 is 0 Å². The van der Waals surface area contributed by atoms with Crippen LogP contribution in [0.2, 0.25) is 0 Å². The Bertz CT molecular complexity index is 746. The van der Waals surface area contributed by atoms with Gasteiger partial charge in [0.25, 0.3) is 0 Å². The number of piperazine rings is 1. The van der Waals surface area contributed by atoms with Crippen LogP contribution in [0.25, 0.3) is 0 Å². The largest absolute Gasteiger partial charge is 0.325 e. The predicted molar refractivity (Wildman–Crippen MR) is 112 cm³/mol. The van der Waals surface area contributed by atoms with Gasteiger partial charge in [-0.05, 0) is 35.6 Å². The number of nitrogens with one attached hydrogen (secondary N) is 1. The molecular weight excluding hydrogens is 334 g/mol. The topological polar surface area (TPSA) is 35.6 Å². The SMILES string of the molecule is Cc1ccccc1NC(=O)CN1CCN(Cc2ccc(C(C)C)cc2)CC1. The summed E-state index contributed by atoms with van der Waals surface area (Å²) in [6, 6.07) is 16.9. The first-order chi connectivity index (χ1) is 13.0. The Balaban J connectivity index is 1.43. The minimum Gasteiger partial charge on any atom is -0.325 e. The molecule has 0 bridgehead atoms. The summed E-state index contributed by atoms with van der Waals surface area (Å²) < 4.78 is 0. The zero-order chi connectivity index (χ0) is 19.2. The Hall–Kier alpha value is -2.17. The second-order valence-electron chi connectivity index (χ2n) is 7.81. The van der Waals surface area contributed by atoms with E-state index in [0.29, 0.717) is 12.5 Å². The minimum absolute atomic E-state index is 0.0713. The Morgan fingerprint density at radius 1 is 0.963 bits per heavy atom. The third-order valence-electron chi connectivity index (χ3n) is 5.30. The fourth-order valence-electron chi connectivity index (χ4n) is 3.48. The Labute approximate surface area is 163 Å². The number of benzene rings is 2. The molecule has 0 radical (unpaired) electrons. The molecule has 3 rings (SSSR count). The van der Waals surface area contributed by atoms with Crippen molar-refractivity contribution in [3.05, 3.63) is 65.2 Å². The molecule has 1 saturated heterocycles. The molecular formula is C23H31N3O. The number of anilines is 1. The van der Waals surface area contributed by atoms with E-state index in [4.69, 9.17) is 0 Å². The quantitative estimate of drug-likeness (QED) is 0.844. The molecule has 0 aliphatic carbocycles. The first-order valence-corrected chi connectivity index (χ1v) is 9.90. The van der Waals surface area contributed by atoms with Gasteiger partial charge in [0.1, 0.15) is 0 Å². The van der Waals surface area contributed by atoms with E-state index in [9.17, 15) is 4.79 Å². The van der Waals surface area contributed by atoms with Crippen LogP contribution in [0, 0.1) is 6.92 Å². The Morgan fingerprint density at radius 3 is 2.22 bits per heavy atom. The summed E-state index contributed by atoms with van der Waals surface area (Å²) in [6.45, 7) is 11.8. The summed E-state index contributed by atoms with van der Waals surface area (Å²) >= 11 is 0. The van der Waals surface area contributed by atoms with Gasteiger partial charge in [0.15, 0.2) is 0 Å². The first-order valence-electron chi connectivity index (χ1n) is 9.90. The molecule has 0 spiro atoms. The summed E-state index contributed by atoms with van der Waals surface area (Å²) in [5, 5.41) is 3.03. The van der Waals surface area contributed by atoms with Crippen molar-refractivity contribution in [2.75, 3.05) is 38.0 Å². The fraction of sp³-hybridized carbons (Fsp3) is 0.435. The van der Waals surface area contributed by atoms with Crippen LogP contribution in [-0.2, 0) is 11.3 Å². The number of hydrogen-bond acceptors (Lipinski definition) is 3. The summed E-state index contributed by atoms with van der Waals surface area (Å²) in [5.41, 5.74) is 4.76. The monoisotopic (exact) mass is 365 g/mol. The molecule has 1 amide bonds. The maximum atomic E-state index is 12.3. The summed E-state index contributed by atoms with van der Waals surface area (Å²) in [5.74, 6) is 0.649. The maximum absolute atomic E-state index is 12.3. The smallest absolute Gasteiger partial charge is 0.238 e. The molecule has 1 fully saturated rings. The molecule has 0 atom stereocenters. The van der Waals surface area contributed by atoms with Gasteiger partial charge in [-0.25, -0.2) is 0 Å². The second kappa shape index (κ2) is 9.16. The van der Waals surface area contributed by atoms with Crippen molar-refractivity contribution < 1.29 is 4.79 Å². The van der Waals surface area contributed by atoms with E-state index < -0.39 is 0 Å². The highest BCUT2D eigenvalue weighted by atomic mass is 16.2. The molecule has 144 valence electrons. The molecule has 0 aromatic heterocycles. The van der Waals surface area contributed by atoms with Crippen molar-refractivity contribution in [1.82, 2.24) is 9.80 Å². The van der Waals surface area contributed by atoms with E-state index in [1.807, 2.05) is 31.2 Å². The second-order valence-corrected chi connectivity index (χ2v) is 7.81. The zero-order valence-electron chi connectivity index (χ0n) is 16.7. The van der Waals surface area contributed by atoms with Crippen LogP contribution in [0.3, 0.4) is 0 Å². The number of hydrogen-bond donors (Lipinski definition) is 1. The van der Waals surface area contributed by atoms with Crippen molar-refractivity contribution in [2.24, 2.45) is 0 Å². The number of nitrogens with zero attached hydrogens (tertiary/aromatic N) is 2. The van der Waals surface area contributed by atoms with E-state index in [1.54, 1.807) is 0 Å². The highest BCUT2D eigenvalue weighted by Gasteiger charge is 2.19. The molecule has 1 aliphatic rings. The van der Waals surface area contributed by atoms with Gasteiger partial charge in [-0.15, -0.1) is 0 Å². The molecule has 4 nitrogen and oxygen atoms in total. The standard InChI is InChI=1S/C23H31N3O/c1-18(2)21-10-8-20(9-11-21)16-25-12-14-26(15-13-25)17-23(27)24-22-7-5-4-6-19(22)3/h4-11,18H,12-17H2,1-3H3,(H,24,27). The van der Waals surface area contributed by atoms with E-state index in [2.05, 4.69) is 53.2 Å². The van der Waals surface area contributed by atoms with Crippen molar-refractivity contribution in [1.29, 1.82) is 0 Å². The number of carbonyl (C=O) groups is 1. The van der Waals surface area contributed by atoms with Gasteiger partial charge in [0.05, 0.1) is 6.54 Å². The van der Waals surface area contributed by atoms with Crippen LogP contribution in [0.15, 0.2) is 48.5 Å². The first kappa shape index (κ1) is 19.6. The number of rotatable bonds is 6. The number of carbonyl (C=O) groups excluding carboxylic acids is 1. The van der Waals surface area contributed by atoms with Crippen molar-refractivity contribution >= 4 is 11.6 Å². The number of para-hydroxylation sites is 1. The highest BCUT2D eigenvalue weighted by Crippen LogP contribution is 2.16. The molecule has 2 aromatic carbocycles. The molecule has 1 heterocycles. The van der Waals surface area contributed by atoms with Crippen LogP contribution < -0.4 is 5.32 Å². The summed E-state index contributed by atoms with van der Waals surface area (Å²) in [4.78, 5) is 17.0. The van der Waals surface area contributed by atoms with Gasteiger partial charge in [-0.2, -0.15) is 0 Å². The molecule has 1 aliphatic heterocycles. The van der Waals surface area contributed by atoms with E-state index in [1.165, 1.54) is 11.1 Å². The van der Waals surface area contributed by atoms with Gasteiger partial charge in [-0.3, -0.25) is 14.6 Å². The van der Waals surface area contributed by atoms with Gasteiger partial charge in [-0.1, -0.05) is 56.3 Å². The molecule has 2 aromatic rings. The van der Waals surface area contributed by atoms with Gasteiger partial charge in [0, 0.05) is 38.4 Å². The van der Waals surface area contributed by atoms with E-state index >= 15 is 0 Å². The average Bonchev–Trinajstić information content (AvgIpc) is 2.66. The number of amides is 1. The van der Waals surface area contributed by atoms with Crippen molar-refractivity contribution in [3.63, 3.8) is 0 Å². The highest BCUT2D eigenvalue weighted by molar-refractivity contribution is 5.92. The van der Waals surface area contributed by atoms with E-state index in [0.717, 1.165) is 44.0 Å². The van der Waals surface area contributed by atoms with Crippen LogP contribution in [0.5, 0.6) is 0 Å². The maximum Gasteiger partial charge on any atom is 0.238 e. The van der Waals surface area contributed by atoms with Crippen molar-refractivity contribution in [2.45, 2.75) is 33.2 Å². The lowest BCUT2D eigenvalue weighted by molar-refractivity contribution is -0.117. The van der Waals surface area contributed by atoms with Crippen LogP contribution in [0.4, 0.5) is 5.69 Å². The third kappa shape index (κ3) is 5.65. The van der Waals surface area contributed by atoms with Gasteiger partial charge in [0.2, 0.25) is 5.91 Å². The van der Waals surface area contributed by atoms with Gasteiger partial charge < -0.3 is 5.32 Å². The lowest BCUT2D eigenvalue weighted by atomic mass is 10.0. The zero-order valence-corrected chi connectivity index (χ0v) is 16.7. The van der Waals surface area contributed by atoms with Crippen LogP contribution in [0.1, 0.15) is 36.5 Å². The molecule has 27 heavy (non-hydrogen) atoms. The summed E-state index contributed by atoms with van der Waals surface area (Å²) in [7, 11) is 0. The van der Waals surface area contributed by atoms with Crippen molar-refractivity contribution in [3.8, 4) is 0 Å². The van der Waals surface area contributed by atoms with E-state index in [-0.39, 0.29) is 5.91 Å². The van der Waals surface area contributed by atoms with Crippen LogP contribution in [-0.4, -0.2) is 48.4 Å². The molecule has 1 N–H and O–H groups in total. The summed E-state index contributed by atoms with van der Waals surface area (Å²) in [6.07, 6.45) is 0. The third-order valence-corrected chi connectivity index (χ3v) is 5.30. The lowest BCUT2D eigenvalue weighted by Gasteiger charge is -2.34. The average molecular weight is 366 g/mol. The minimum atomic E-state index is 0.0713. The normalized spacial score (nSPS) is 15.9. The predicted octanol–water partition coefficient (Wildman–Crippen LogP) is 3.87. The Kier molecular flexibility index (Phi) is 6.64. The Morgan fingerprint density at radius 2 is 1.59 bits per heavy atom. The lowest BCUT2D eigenvalue weighted by Crippen LogP contribution is -2.48. The van der Waals surface area contributed by atoms with Gasteiger partial charge >= 0.3 is 0 Å². The molecule has 0 unspecified atom stereocenters. The molecule has 0 saturated carbocycles. The fourth-order valence-corrected chi connectivity index (χ4v) is 3.48.